The number of fused-ring (bicyclic) bond motifs is 2. The number of amides is 2. The monoisotopic (exact) mass is 332 g/mol. The molecule has 1 unspecified atom stereocenters. The predicted molar refractivity (Wildman–Crippen MR) is 89.7 cm³/mol. The average molecular weight is 332 g/mol. The number of nitrogens with two attached hydrogens (primary N) is 1. The molecule has 2 amide bonds. The largest absolute Gasteiger partial charge is 0.365 e. The molecule has 0 saturated carbocycles. The quantitative estimate of drug-likeness (QED) is 0.868. The molecule has 1 atom stereocenters. The van der Waals surface area contributed by atoms with Gasteiger partial charge in [-0.2, -0.15) is 0 Å². The van der Waals surface area contributed by atoms with Crippen LogP contribution in [0.1, 0.15) is 47.5 Å². The molecule has 7 nitrogen and oxygen atoms in total. The number of rotatable bonds is 4. The maximum Gasteiger partial charge on any atom is 0.271 e. The fourth-order valence-electron chi connectivity index (χ4n) is 3.49. The predicted octanol–water partition coefficient (Wildman–Crippen LogP) is 0.481. The molecule has 1 saturated heterocycles. The van der Waals surface area contributed by atoms with Gasteiger partial charge in [0, 0.05) is 31.9 Å². The summed E-state index contributed by atoms with van der Waals surface area (Å²) in [4.78, 5) is 40.4. The van der Waals surface area contributed by atoms with Gasteiger partial charge in [0.25, 0.3) is 11.8 Å². The van der Waals surface area contributed by atoms with Crippen LogP contribution in [0.3, 0.4) is 0 Å². The van der Waals surface area contributed by atoms with Crippen molar-refractivity contribution in [2.24, 2.45) is 11.7 Å². The Hall–Kier alpha value is -2.15. The Morgan fingerprint density at radius 2 is 2.08 bits per heavy atom. The summed E-state index contributed by atoms with van der Waals surface area (Å²) in [6.07, 6.45) is 3.41. The zero-order valence-corrected chi connectivity index (χ0v) is 14.2. The highest BCUT2D eigenvalue weighted by molar-refractivity contribution is 5.96. The van der Waals surface area contributed by atoms with Gasteiger partial charge in [-0.05, 0) is 18.8 Å². The van der Waals surface area contributed by atoms with E-state index in [4.69, 9.17) is 5.73 Å². The van der Waals surface area contributed by atoms with E-state index in [1.165, 1.54) is 12.3 Å². The summed E-state index contributed by atoms with van der Waals surface area (Å²) in [5.74, 6) is -0.303. The number of aromatic nitrogens is 1. The SMILES string of the molecule is CC(C)CCN1CCCN2C(=O)c3cc(=O)c(C(N)=O)cn3CC12. The Kier molecular flexibility index (Phi) is 4.45. The number of carbonyl (C=O) groups is 2. The lowest BCUT2D eigenvalue weighted by molar-refractivity contribution is -0.0112. The highest BCUT2D eigenvalue weighted by atomic mass is 16.2. The number of hydrogen-bond acceptors (Lipinski definition) is 4. The standard InChI is InChI=1S/C17H24N4O3/c1-11(2)4-7-19-5-3-6-21-15(19)10-20-9-12(16(18)23)14(22)8-13(20)17(21)24/h8-9,11,15H,3-7,10H2,1-2H3,(H2,18,23). The van der Waals surface area contributed by atoms with Gasteiger partial charge < -0.3 is 15.2 Å². The molecule has 7 heteroatoms. The molecule has 1 aromatic heterocycles. The molecule has 2 aliphatic heterocycles. The van der Waals surface area contributed by atoms with Crippen LogP contribution in [0.25, 0.3) is 0 Å². The number of primary amides is 1. The van der Waals surface area contributed by atoms with Crippen LogP contribution in [0.4, 0.5) is 0 Å². The third kappa shape index (κ3) is 2.96. The van der Waals surface area contributed by atoms with Crippen molar-refractivity contribution in [3.63, 3.8) is 0 Å². The van der Waals surface area contributed by atoms with Gasteiger partial charge in [0.05, 0.1) is 6.54 Å². The normalized spacial score (nSPS) is 20.9. The van der Waals surface area contributed by atoms with Gasteiger partial charge in [0.1, 0.15) is 17.4 Å². The van der Waals surface area contributed by atoms with E-state index in [9.17, 15) is 14.4 Å². The van der Waals surface area contributed by atoms with Gasteiger partial charge in [-0.3, -0.25) is 19.3 Å². The molecule has 3 heterocycles. The first-order valence-corrected chi connectivity index (χ1v) is 8.47. The fourth-order valence-corrected chi connectivity index (χ4v) is 3.49. The van der Waals surface area contributed by atoms with Crippen LogP contribution in [-0.4, -0.2) is 52.0 Å². The highest BCUT2D eigenvalue weighted by Gasteiger charge is 2.38. The van der Waals surface area contributed by atoms with E-state index < -0.39 is 11.3 Å². The number of nitrogens with zero attached hydrogens (tertiary/aromatic N) is 3. The summed E-state index contributed by atoms with van der Waals surface area (Å²) < 4.78 is 1.71. The summed E-state index contributed by atoms with van der Waals surface area (Å²) in [6, 6.07) is 1.24. The Morgan fingerprint density at radius 3 is 2.75 bits per heavy atom. The van der Waals surface area contributed by atoms with E-state index in [1.54, 1.807) is 4.57 Å². The van der Waals surface area contributed by atoms with E-state index in [0.29, 0.717) is 24.7 Å². The van der Waals surface area contributed by atoms with Crippen LogP contribution in [0.5, 0.6) is 0 Å². The second-order valence-electron chi connectivity index (χ2n) is 7.00. The van der Waals surface area contributed by atoms with Gasteiger partial charge in [-0.15, -0.1) is 0 Å². The molecular formula is C17H24N4O3. The molecule has 24 heavy (non-hydrogen) atoms. The first kappa shape index (κ1) is 16.7. The van der Waals surface area contributed by atoms with Crippen molar-refractivity contribution in [2.75, 3.05) is 19.6 Å². The van der Waals surface area contributed by atoms with Crippen LogP contribution >= 0.6 is 0 Å². The van der Waals surface area contributed by atoms with Crippen molar-refractivity contribution in [3.8, 4) is 0 Å². The summed E-state index contributed by atoms with van der Waals surface area (Å²) in [5.41, 5.74) is 5.05. The topological polar surface area (TPSA) is 88.6 Å². The van der Waals surface area contributed by atoms with Crippen LogP contribution in [-0.2, 0) is 6.54 Å². The van der Waals surface area contributed by atoms with Crippen LogP contribution in [0.2, 0.25) is 0 Å². The van der Waals surface area contributed by atoms with Crippen molar-refractivity contribution in [1.82, 2.24) is 14.4 Å². The van der Waals surface area contributed by atoms with E-state index in [0.717, 1.165) is 25.9 Å². The Bertz CT molecular complexity index is 725. The second-order valence-corrected chi connectivity index (χ2v) is 7.00. The summed E-state index contributed by atoms with van der Waals surface area (Å²) in [5, 5.41) is 0. The lowest BCUT2D eigenvalue weighted by atomic mass is 10.1. The third-order valence-corrected chi connectivity index (χ3v) is 4.85. The Morgan fingerprint density at radius 1 is 1.33 bits per heavy atom. The van der Waals surface area contributed by atoms with Gasteiger partial charge in [0.2, 0.25) is 0 Å². The zero-order chi connectivity index (χ0) is 17.4. The maximum absolute atomic E-state index is 12.8. The van der Waals surface area contributed by atoms with E-state index in [2.05, 4.69) is 18.7 Å². The van der Waals surface area contributed by atoms with Crippen molar-refractivity contribution >= 4 is 11.8 Å². The molecule has 0 aromatic carbocycles. The lowest BCUT2D eigenvalue weighted by Crippen LogP contribution is -2.61. The van der Waals surface area contributed by atoms with E-state index in [1.807, 2.05) is 4.90 Å². The molecule has 1 fully saturated rings. The minimum absolute atomic E-state index is 0.0271. The first-order chi connectivity index (χ1) is 11.4. The van der Waals surface area contributed by atoms with Gasteiger partial charge in [-0.25, -0.2) is 0 Å². The van der Waals surface area contributed by atoms with Crippen molar-refractivity contribution in [2.45, 2.75) is 39.4 Å². The maximum atomic E-state index is 12.8. The molecule has 0 aliphatic carbocycles. The van der Waals surface area contributed by atoms with Crippen LogP contribution < -0.4 is 11.2 Å². The molecule has 1 aromatic rings. The molecule has 130 valence electrons. The third-order valence-electron chi connectivity index (χ3n) is 4.85. The average Bonchev–Trinajstić information content (AvgIpc) is 2.53. The van der Waals surface area contributed by atoms with Crippen molar-refractivity contribution in [3.05, 3.63) is 33.7 Å². The molecule has 3 rings (SSSR count). The lowest BCUT2D eigenvalue weighted by Gasteiger charge is -2.47. The molecule has 0 spiro atoms. The number of carbonyl (C=O) groups excluding carboxylic acids is 2. The summed E-state index contributed by atoms with van der Waals surface area (Å²) in [6.45, 7) is 7.52. The number of pyridine rings is 1. The van der Waals surface area contributed by atoms with E-state index >= 15 is 0 Å². The smallest absolute Gasteiger partial charge is 0.271 e. The van der Waals surface area contributed by atoms with Crippen LogP contribution in [0, 0.1) is 5.92 Å². The summed E-state index contributed by atoms with van der Waals surface area (Å²) in [7, 11) is 0. The van der Waals surface area contributed by atoms with Crippen LogP contribution in [0.15, 0.2) is 17.1 Å². The highest BCUT2D eigenvalue weighted by Crippen LogP contribution is 2.24. The molecule has 0 bridgehead atoms. The summed E-state index contributed by atoms with van der Waals surface area (Å²) >= 11 is 0. The Balaban J connectivity index is 1.94. The Labute approximate surface area is 141 Å². The van der Waals surface area contributed by atoms with E-state index in [-0.39, 0.29) is 17.6 Å². The van der Waals surface area contributed by atoms with Crippen molar-refractivity contribution in [1.29, 1.82) is 0 Å². The minimum atomic E-state index is -0.759. The molecule has 2 aliphatic rings. The molecular weight excluding hydrogens is 308 g/mol. The minimum Gasteiger partial charge on any atom is -0.365 e. The fraction of sp³-hybridized carbons (Fsp3) is 0.588. The van der Waals surface area contributed by atoms with Gasteiger partial charge in [0.15, 0.2) is 5.43 Å². The molecule has 0 radical (unpaired) electrons. The zero-order valence-electron chi connectivity index (χ0n) is 14.2. The van der Waals surface area contributed by atoms with Gasteiger partial charge in [-0.1, -0.05) is 13.8 Å². The first-order valence-electron chi connectivity index (χ1n) is 8.47. The van der Waals surface area contributed by atoms with Crippen molar-refractivity contribution < 1.29 is 9.59 Å². The second kappa shape index (κ2) is 6.39. The number of hydrogen-bond donors (Lipinski definition) is 1. The van der Waals surface area contributed by atoms with Gasteiger partial charge >= 0.3 is 0 Å². The molecule has 2 N–H and O–H groups in total.